The van der Waals surface area contributed by atoms with Gasteiger partial charge in [-0.3, -0.25) is 4.79 Å². The smallest absolute Gasteiger partial charge is 0.254 e. The summed E-state index contributed by atoms with van der Waals surface area (Å²) in [5, 5.41) is 2.50. The van der Waals surface area contributed by atoms with E-state index in [-0.39, 0.29) is 30.6 Å². The van der Waals surface area contributed by atoms with Gasteiger partial charge < -0.3 is 11.1 Å². The van der Waals surface area contributed by atoms with Crippen molar-refractivity contribution in [2.75, 3.05) is 12.8 Å². The molecule has 3 N–H and O–H groups in total. The van der Waals surface area contributed by atoms with Gasteiger partial charge in [0.2, 0.25) is 0 Å². The van der Waals surface area contributed by atoms with E-state index in [1.807, 2.05) is 0 Å². The van der Waals surface area contributed by atoms with Crippen LogP contribution in [0.1, 0.15) is 23.7 Å². The molecule has 0 aliphatic carbocycles. The number of nitrogens with two attached hydrogens (primary N) is 1. The average molecular weight is 404 g/mol. The second-order valence-electron chi connectivity index (χ2n) is 4.56. The summed E-state index contributed by atoms with van der Waals surface area (Å²) < 4.78 is 37.4. The zero-order valence-corrected chi connectivity index (χ0v) is 14.7. The number of hydrogen-bond acceptors (Lipinski definition) is 4. The molecule has 0 heterocycles. The number of nitrogens with one attached hydrogen (secondary N) is 1. The Morgan fingerprint density at radius 2 is 2.05 bits per heavy atom. The van der Waals surface area contributed by atoms with E-state index in [0.717, 1.165) is 12.3 Å². The number of hydrogen-bond donors (Lipinski definition) is 2. The first-order valence-corrected chi connectivity index (χ1v) is 8.54. The molecule has 0 aliphatic heterocycles. The Kier molecular flexibility index (Phi) is 7.80. The van der Waals surface area contributed by atoms with E-state index < -0.39 is 26.5 Å². The molecule has 0 saturated heterocycles. The molecule has 1 amide bonds. The predicted octanol–water partition coefficient (Wildman–Crippen LogP) is 1.88. The van der Waals surface area contributed by atoms with Crippen molar-refractivity contribution in [3.63, 3.8) is 0 Å². The van der Waals surface area contributed by atoms with E-state index in [4.69, 9.17) is 5.73 Å². The first-order chi connectivity index (χ1) is 9.12. The topological polar surface area (TPSA) is 89.3 Å². The molecular formula is C12H17BrClFN2O3S. The highest BCUT2D eigenvalue weighted by molar-refractivity contribution is 9.10. The third-order valence-corrected chi connectivity index (χ3v) is 4.09. The number of rotatable bonds is 5. The van der Waals surface area contributed by atoms with E-state index in [1.165, 1.54) is 6.07 Å². The highest BCUT2D eigenvalue weighted by Gasteiger charge is 2.22. The largest absolute Gasteiger partial charge is 0.352 e. The monoisotopic (exact) mass is 402 g/mol. The number of carbonyl (C=O) groups is 1. The third kappa shape index (κ3) is 5.90. The first kappa shape index (κ1) is 20.3. The maximum Gasteiger partial charge on any atom is 0.254 e. The van der Waals surface area contributed by atoms with Gasteiger partial charge in [-0.25, -0.2) is 12.8 Å². The lowest BCUT2D eigenvalue weighted by Crippen LogP contribution is -2.29. The van der Waals surface area contributed by atoms with Crippen molar-refractivity contribution in [1.82, 2.24) is 5.32 Å². The molecule has 120 valence electrons. The average Bonchev–Trinajstić information content (AvgIpc) is 2.29. The Labute approximate surface area is 137 Å². The minimum absolute atomic E-state index is 0. The fourth-order valence-electron chi connectivity index (χ4n) is 1.51. The predicted molar refractivity (Wildman–Crippen MR) is 85.1 cm³/mol. The van der Waals surface area contributed by atoms with Gasteiger partial charge in [0, 0.05) is 23.3 Å². The Bertz CT molecular complexity index is 623. The molecule has 1 aromatic carbocycles. The second kappa shape index (κ2) is 8.07. The summed E-state index contributed by atoms with van der Waals surface area (Å²) in [6, 6.07) is 2.28. The van der Waals surface area contributed by atoms with Crippen LogP contribution in [-0.4, -0.2) is 33.2 Å². The number of carbonyl (C=O) groups excluding carboxylic acids is 1. The van der Waals surface area contributed by atoms with Crippen LogP contribution in [0.5, 0.6) is 0 Å². The molecule has 0 saturated carbocycles. The lowest BCUT2D eigenvalue weighted by molar-refractivity contribution is 0.0948. The molecule has 1 aromatic rings. The van der Waals surface area contributed by atoms with E-state index in [1.54, 1.807) is 6.92 Å². The molecule has 1 unspecified atom stereocenters. The van der Waals surface area contributed by atoms with Crippen LogP contribution in [0.3, 0.4) is 0 Å². The molecule has 0 aliphatic rings. The molecule has 21 heavy (non-hydrogen) atoms. The van der Waals surface area contributed by atoms with Gasteiger partial charge in [0.05, 0.1) is 5.56 Å². The Morgan fingerprint density at radius 3 is 2.52 bits per heavy atom. The molecule has 9 heteroatoms. The molecule has 0 radical (unpaired) electrons. The maximum absolute atomic E-state index is 14.1. The van der Waals surface area contributed by atoms with Crippen LogP contribution < -0.4 is 11.1 Å². The van der Waals surface area contributed by atoms with Crippen LogP contribution in [-0.2, 0) is 9.84 Å². The van der Waals surface area contributed by atoms with Crippen LogP contribution in [0, 0.1) is 5.82 Å². The lowest BCUT2D eigenvalue weighted by atomic mass is 10.2. The van der Waals surface area contributed by atoms with Gasteiger partial charge in [-0.05, 0) is 25.5 Å². The summed E-state index contributed by atoms with van der Waals surface area (Å²) in [4.78, 5) is 11.4. The number of sulfone groups is 1. The van der Waals surface area contributed by atoms with Crippen molar-refractivity contribution in [2.45, 2.75) is 24.3 Å². The Hall–Kier alpha value is -0.700. The molecule has 1 rings (SSSR count). The van der Waals surface area contributed by atoms with E-state index >= 15 is 0 Å². The van der Waals surface area contributed by atoms with Gasteiger partial charge in [0.15, 0.2) is 15.7 Å². The molecule has 0 aromatic heterocycles. The summed E-state index contributed by atoms with van der Waals surface area (Å²) in [6.45, 7) is 2.07. The molecule has 0 fully saturated rings. The van der Waals surface area contributed by atoms with Crippen molar-refractivity contribution < 1.29 is 17.6 Å². The summed E-state index contributed by atoms with van der Waals surface area (Å²) in [6.07, 6.45) is 1.43. The third-order valence-electron chi connectivity index (χ3n) is 2.53. The zero-order valence-electron chi connectivity index (χ0n) is 11.5. The van der Waals surface area contributed by atoms with Gasteiger partial charge in [-0.2, -0.15) is 0 Å². The van der Waals surface area contributed by atoms with E-state index in [9.17, 15) is 17.6 Å². The second-order valence-corrected chi connectivity index (χ2v) is 7.46. The normalized spacial score (nSPS) is 12.4. The highest BCUT2D eigenvalue weighted by Crippen LogP contribution is 2.24. The molecule has 1 atom stereocenters. The van der Waals surface area contributed by atoms with Gasteiger partial charge in [-0.1, -0.05) is 15.9 Å². The Morgan fingerprint density at radius 1 is 1.48 bits per heavy atom. The van der Waals surface area contributed by atoms with Crippen LogP contribution in [0.15, 0.2) is 21.5 Å². The lowest BCUT2D eigenvalue weighted by Gasteiger charge is -2.10. The minimum atomic E-state index is -3.75. The number of benzene rings is 1. The standard InChI is InChI=1S/C12H16BrFN2O3S.ClH/c1-7(15)3-4-16-12(17)9-5-8(13)6-10(11(9)14)20(2,18)19;/h5-7H,3-4,15H2,1-2H3,(H,16,17);1H. The van der Waals surface area contributed by atoms with Gasteiger partial charge in [-0.15, -0.1) is 12.4 Å². The molecule has 0 spiro atoms. The highest BCUT2D eigenvalue weighted by atomic mass is 79.9. The molecule has 0 bridgehead atoms. The fourth-order valence-corrected chi connectivity index (χ4v) is 2.89. The summed E-state index contributed by atoms with van der Waals surface area (Å²) in [5.74, 6) is -1.72. The van der Waals surface area contributed by atoms with Gasteiger partial charge in [0.25, 0.3) is 5.91 Å². The first-order valence-electron chi connectivity index (χ1n) is 5.85. The van der Waals surface area contributed by atoms with Crippen molar-refractivity contribution in [3.8, 4) is 0 Å². The van der Waals surface area contributed by atoms with Crippen LogP contribution >= 0.6 is 28.3 Å². The van der Waals surface area contributed by atoms with Crippen LogP contribution in [0.25, 0.3) is 0 Å². The summed E-state index contributed by atoms with van der Waals surface area (Å²) in [5.41, 5.74) is 5.23. The van der Waals surface area contributed by atoms with Gasteiger partial charge >= 0.3 is 0 Å². The van der Waals surface area contributed by atoms with E-state index in [0.29, 0.717) is 10.9 Å². The maximum atomic E-state index is 14.1. The zero-order chi connectivity index (χ0) is 15.5. The SMILES string of the molecule is CC(N)CCNC(=O)c1cc(Br)cc(S(C)(=O)=O)c1F.Cl. The summed E-state index contributed by atoms with van der Waals surface area (Å²) >= 11 is 3.07. The minimum Gasteiger partial charge on any atom is -0.352 e. The van der Waals surface area contributed by atoms with Crippen LogP contribution in [0.2, 0.25) is 0 Å². The fraction of sp³-hybridized carbons (Fsp3) is 0.417. The number of halogens is 3. The van der Waals surface area contributed by atoms with Crippen LogP contribution in [0.4, 0.5) is 4.39 Å². The van der Waals surface area contributed by atoms with Gasteiger partial charge in [0.1, 0.15) is 4.90 Å². The molecular weight excluding hydrogens is 387 g/mol. The Balaban J connectivity index is 0.00000400. The molecule has 5 nitrogen and oxygen atoms in total. The van der Waals surface area contributed by atoms with Crippen molar-refractivity contribution in [2.24, 2.45) is 5.73 Å². The van der Waals surface area contributed by atoms with Crippen molar-refractivity contribution in [1.29, 1.82) is 0 Å². The van der Waals surface area contributed by atoms with Crippen molar-refractivity contribution >= 4 is 44.1 Å². The summed E-state index contributed by atoms with van der Waals surface area (Å²) in [7, 11) is -3.75. The van der Waals surface area contributed by atoms with E-state index in [2.05, 4.69) is 21.2 Å². The number of amides is 1. The quantitative estimate of drug-likeness (QED) is 0.785. The van der Waals surface area contributed by atoms with Crippen molar-refractivity contribution in [3.05, 3.63) is 28.0 Å².